The Balaban J connectivity index is 1.87. The highest BCUT2D eigenvalue weighted by Gasteiger charge is 2.29. The van der Waals surface area contributed by atoms with Crippen molar-refractivity contribution in [3.05, 3.63) is 58.9 Å². The van der Waals surface area contributed by atoms with Gasteiger partial charge in [-0.3, -0.25) is 0 Å². The van der Waals surface area contributed by atoms with Crippen LogP contribution in [-0.2, 0) is 16.7 Å². The summed E-state index contributed by atoms with van der Waals surface area (Å²) in [5.74, 6) is -0.0537. The number of hydrogen-bond acceptors (Lipinski definition) is 4. The fraction of sp³-hybridized carbons (Fsp3) is 0.409. The number of carbonyl (C=O) groups excluding carboxylic acids is 1. The molecule has 0 aliphatic heterocycles. The van der Waals surface area contributed by atoms with Gasteiger partial charge in [0.05, 0.1) is 6.54 Å². The van der Waals surface area contributed by atoms with Gasteiger partial charge in [-0.15, -0.1) is 0 Å². The minimum absolute atomic E-state index is 0.0677. The van der Waals surface area contributed by atoms with E-state index < -0.39 is 21.5 Å². The molecule has 3 rings (SSSR count). The maximum Gasteiger partial charge on any atom is 0.339 e. The van der Waals surface area contributed by atoms with E-state index in [0.29, 0.717) is 23.0 Å². The molecule has 0 atom stereocenters. The van der Waals surface area contributed by atoms with Crippen molar-refractivity contribution in [1.29, 1.82) is 0 Å². The molecule has 168 valence electrons. The number of hydrogen-bond donors (Lipinski definition) is 1. The second kappa shape index (κ2) is 9.04. The molecule has 1 aliphatic rings. The second-order valence-corrected chi connectivity index (χ2v) is 10.7. The highest BCUT2D eigenvalue weighted by atomic mass is 35.5. The molecule has 0 aromatic heterocycles. The van der Waals surface area contributed by atoms with Gasteiger partial charge in [0.25, 0.3) is 0 Å². The van der Waals surface area contributed by atoms with Gasteiger partial charge in [0, 0.05) is 22.7 Å². The van der Waals surface area contributed by atoms with Gasteiger partial charge in [0.2, 0.25) is 0 Å². The minimum Gasteiger partial charge on any atom is -0.379 e. The molecule has 0 radical (unpaired) electrons. The summed E-state index contributed by atoms with van der Waals surface area (Å²) >= 11 is 6.14. The maximum atomic E-state index is 13.2. The predicted octanol–water partition coefficient (Wildman–Crippen LogP) is 4.97. The molecule has 2 amide bonds. The number of amides is 2. The Bertz CT molecular complexity index is 1050. The molecule has 31 heavy (non-hydrogen) atoms. The van der Waals surface area contributed by atoms with Crippen LogP contribution in [-0.4, -0.2) is 31.4 Å². The van der Waals surface area contributed by atoms with Gasteiger partial charge in [-0.1, -0.05) is 11.6 Å². The summed E-state index contributed by atoms with van der Waals surface area (Å²) in [5.41, 5.74) is 0.0428. The van der Waals surface area contributed by atoms with E-state index >= 15 is 0 Å². The van der Waals surface area contributed by atoms with Crippen LogP contribution in [0.25, 0.3) is 0 Å². The van der Waals surface area contributed by atoms with Gasteiger partial charge in [-0.05, 0) is 82.0 Å². The summed E-state index contributed by atoms with van der Waals surface area (Å²) in [4.78, 5) is 14.3. The number of halogens is 2. The van der Waals surface area contributed by atoms with Gasteiger partial charge in [-0.2, -0.15) is 8.42 Å². The summed E-state index contributed by atoms with van der Waals surface area (Å²) in [5, 5.41) is 3.34. The number of nitrogens with one attached hydrogen (secondary N) is 1. The van der Waals surface area contributed by atoms with Crippen LogP contribution >= 0.6 is 11.6 Å². The zero-order chi connectivity index (χ0) is 22.8. The quantitative estimate of drug-likeness (QED) is 0.582. The first-order chi connectivity index (χ1) is 14.4. The third-order valence-corrected chi connectivity index (χ3v) is 6.11. The van der Waals surface area contributed by atoms with E-state index in [2.05, 4.69) is 5.32 Å². The van der Waals surface area contributed by atoms with Crippen molar-refractivity contribution < 1.29 is 21.8 Å². The lowest BCUT2D eigenvalue weighted by Gasteiger charge is -2.29. The van der Waals surface area contributed by atoms with Gasteiger partial charge in [-0.25, -0.2) is 9.18 Å². The maximum absolute atomic E-state index is 13.2. The SMILES string of the molecule is CC(C)(C)NC(=O)N(Cc1cc(Cl)ccc1OS(=O)(=O)c1ccc(F)cc1)CC1CC1. The van der Waals surface area contributed by atoms with Crippen molar-refractivity contribution in [3.8, 4) is 5.75 Å². The van der Waals surface area contributed by atoms with Gasteiger partial charge in [0.1, 0.15) is 16.5 Å². The molecular weight excluding hydrogens is 443 g/mol. The van der Waals surface area contributed by atoms with Crippen LogP contribution in [0.15, 0.2) is 47.4 Å². The zero-order valence-corrected chi connectivity index (χ0v) is 19.3. The number of benzene rings is 2. The van der Waals surface area contributed by atoms with Crippen LogP contribution in [0.3, 0.4) is 0 Å². The molecule has 2 aromatic rings. The fourth-order valence-corrected chi connectivity index (χ4v) is 4.12. The predicted molar refractivity (Wildman–Crippen MR) is 117 cm³/mol. The Morgan fingerprint density at radius 3 is 2.42 bits per heavy atom. The van der Waals surface area contributed by atoms with Gasteiger partial charge >= 0.3 is 16.1 Å². The average molecular weight is 469 g/mol. The van der Waals surface area contributed by atoms with Crippen LogP contribution < -0.4 is 9.50 Å². The van der Waals surface area contributed by atoms with E-state index in [4.69, 9.17) is 15.8 Å². The first-order valence-corrected chi connectivity index (χ1v) is 11.8. The van der Waals surface area contributed by atoms with Crippen molar-refractivity contribution in [2.45, 2.75) is 50.6 Å². The minimum atomic E-state index is -4.19. The van der Waals surface area contributed by atoms with Crippen LogP contribution in [0.5, 0.6) is 5.75 Å². The highest BCUT2D eigenvalue weighted by molar-refractivity contribution is 7.87. The highest BCUT2D eigenvalue weighted by Crippen LogP contribution is 2.32. The lowest BCUT2D eigenvalue weighted by atomic mass is 10.1. The Kier molecular flexibility index (Phi) is 6.81. The van der Waals surface area contributed by atoms with Crippen LogP contribution in [0.2, 0.25) is 5.02 Å². The Labute approximate surface area is 187 Å². The standard InChI is InChI=1S/C22H26ClFN2O4S/c1-22(2,3)25-21(27)26(13-15-4-5-15)14-16-12-17(23)6-11-20(16)30-31(28,29)19-9-7-18(24)8-10-19/h6-12,15H,4-5,13-14H2,1-3H3,(H,25,27). The molecular formula is C22H26ClFN2O4S. The molecule has 1 saturated carbocycles. The summed E-state index contributed by atoms with van der Waals surface area (Å²) in [6, 6.07) is 8.68. The first-order valence-electron chi connectivity index (χ1n) is 9.98. The van der Waals surface area contributed by atoms with E-state index in [1.165, 1.54) is 12.1 Å². The largest absolute Gasteiger partial charge is 0.379 e. The fourth-order valence-electron chi connectivity index (χ4n) is 2.96. The van der Waals surface area contributed by atoms with Crippen LogP contribution in [0.1, 0.15) is 39.2 Å². The van der Waals surface area contributed by atoms with E-state index in [1.807, 2.05) is 20.8 Å². The van der Waals surface area contributed by atoms with E-state index in [9.17, 15) is 17.6 Å². The molecule has 0 unspecified atom stereocenters. The Hall–Kier alpha value is -2.32. The van der Waals surface area contributed by atoms with Crippen molar-refractivity contribution in [3.63, 3.8) is 0 Å². The smallest absolute Gasteiger partial charge is 0.339 e. The van der Waals surface area contributed by atoms with Gasteiger partial charge < -0.3 is 14.4 Å². The molecule has 1 aliphatic carbocycles. The molecule has 6 nitrogen and oxygen atoms in total. The lowest BCUT2D eigenvalue weighted by Crippen LogP contribution is -2.48. The molecule has 0 spiro atoms. The number of carbonyl (C=O) groups is 1. The molecule has 0 heterocycles. The van der Waals surface area contributed by atoms with E-state index in [-0.39, 0.29) is 23.2 Å². The van der Waals surface area contributed by atoms with Crippen LogP contribution in [0, 0.1) is 11.7 Å². The first kappa shape index (κ1) is 23.3. The summed E-state index contributed by atoms with van der Waals surface area (Å²) in [7, 11) is -4.19. The van der Waals surface area contributed by atoms with Crippen molar-refractivity contribution in [1.82, 2.24) is 10.2 Å². The van der Waals surface area contributed by atoms with E-state index in [1.54, 1.807) is 11.0 Å². The average Bonchev–Trinajstić information content (AvgIpc) is 3.46. The van der Waals surface area contributed by atoms with Crippen molar-refractivity contribution in [2.24, 2.45) is 5.92 Å². The molecule has 1 N–H and O–H groups in total. The number of nitrogens with zero attached hydrogens (tertiary/aromatic N) is 1. The lowest BCUT2D eigenvalue weighted by molar-refractivity contribution is 0.183. The van der Waals surface area contributed by atoms with Gasteiger partial charge in [0.15, 0.2) is 0 Å². The monoisotopic (exact) mass is 468 g/mol. The molecule has 2 aromatic carbocycles. The number of urea groups is 1. The molecule has 1 fully saturated rings. The number of rotatable bonds is 7. The van der Waals surface area contributed by atoms with Crippen molar-refractivity contribution >= 4 is 27.8 Å². The summed E-state index contributed by atoms with van der Waals surface area (Å²) < 4.78 is 43.9. The molecule has 0 bridgehead atoms. The summed E-state index contributed by atoms with van der Waals surface area (Å²) in [6.07, 6.45) is 2.11. The molecule has 0 saturated heterocycles. The van der Waals surface area contributed by atoms with E-state index in [0.717, 1.165) is 37.1 Å². The topological polar surface area (TPSA) is 75.7 Å². The zero-order valence-electron chi connectivity index (χ0n) is 17.7. The Morgan fingerprint density at radius 2 is 1.84 bits per heavy atom. The Morgan fingerprint density at radius 1 is 1.19 bits per heavy atom. The second-order valence-electron chi connectivity index (χ2n) is 8.75. The van der Waals surface area contributed by atoms with Crippen LogP contribution in [0.4, 0.5) is 9.18 Å². The summed E-state index contributed by atoms with van der Waals surface area (Å²) in [6.45, 7) is 6.36. The van der Waals surface area contributed by atoms with Crippen molar-refractivity contribution in [2.75, 3.05) is 6.54 Å². The normalized spacial score (nSPS) is 14.2. The third kappa shape index (κ3) is 6.83. The molecule has 9 heteroatoms. The third-order valence-electron chi connectivity index (χ3n) is 4.63.